The SMILES string of the molecule is CCN(CC)c1ccc2cc(C=C(C)C#N)c(Cl)nc2c1. The van der Waals surface area contributed by atoms with Crippen LogP contribution in [-0.2, 0) is 0 Å². The van der Waals surface area contributed by atoms with Crippen LogP contribution in [0.4, 0.5) is 5.69 Å². The van der Waals surface area contributed by atoms with Crippen LogP contribution in [-0.4, -0.2) is 18.1 Å². The van der Waals surface area contributed by atoms with Crippen molar-refractivity contribution in [2.24, 2.45) is 0 Å². The fourth-order valence-electron chi connectivity index (χ4n) is 2.30. The Balaban J connectivity index is 2.52. The lowest BCUT2D eigenvalue weighted by atomic mass is 10.1. The van der Waals surface area contributed by atoms with Crippen LogP contribution in [0.3, 0.4) is 0 Å². The number of anilines is 1. The van der Waals surface area contributed by atoms with Gasteiger partial charge < -0.3 is 4.90 Å². The molecular formula is C17H18ClN3. The number of aromatic nitrogens is 1. The summed E-state index contributed by atoms with van der Waals surface area (Å²) >= 11 is 6.23. The standard InChI is InChI=1S/C17H18ClN3/c1-4-21(5-2)15-7-6-13-9-14(8-12(3)11-19)17(18)20-16(13)10-15/h6-10H,4-5H2,1-3H3. The summed E-state index contributed by atoms with van der Waals surface area (Å²) in [6.07, 6.45) is 1.76. The number of nitrogens with zero attached hydrogens (tertiary/aromatic N) is 3. The molecule has 1 aromatic heterocycles. The van der Waals surface area contributed by atoms with Crippen LogP contribution in [0.25, 0.3) is 17.0 Å². The van der Waals surface area contributed by atoms with E-state index in [2.05, 4.69) is 41.9 Å². The summed E-state index contributed by atoms with van der Waals surface area (Å²) < 4.78 is 0. The third kappa shape index (κ3) is 3.34. The Hall–Kier alpha value is -2.05. The van der Waals surface area contributed by atoms with Crippen molar-refractivity contribution in [2.45, 2.75) is 20.8 Å². The number of fused-ring (bicyclic) bond motifs is 1. The van der Waals surface area contributed by atoms with Crippen LogP contribution in [0.15, 0.2) is 29.8 Å². The molecule has 3 nitrogen and oxygen atoms in total. The van der Waals surface area contributed by atoms with E-state index in [9.17, 15) is 0 Å². The summed E-state index contributed by atoms with van der Waals surface area (Å²) in [5.41, 5.74) is 3.40. The first-order chi connectivity index (χ1) is 10.1. The van der Waals surface area contributed by atoms with Gasteiger partial charge in [0, 0.05) is 35.3 Å². The fourth-order valence-corrected chi connectivity index (χ4v) is 2.50. The first-order valence-electron chi connectivity index (χ1n) is 7.02. The Morgan fingerprint density at radius 2 is 2.05 bits per heavy atom. The van der Waals surface area contributed by atoms with E-state index in [1.165, 1.54) is 0 Å². The van der Waals surface area contributed by atoms with E-state index >= 15 is 0 Å². The Morgan fingerprint density at radius 3 is 2.67 bits per heavy atom. The minimum absolute atomic E-state index is 0.425. The van der Waals surface area contributed by atoms with E-state index in [1.807, 2.05) is 12.1 Å². The fraction of sp³-hybridized carbons (Fsp3) is 0.294. The molecule has 0 atom stereocenters. The zero-order valence-corrected chi connectivity index (χ0v) is 13.3. The minimum Gasteiger partial charge on any atom is -0.372 e. The number of hydrogen-bond donors (Lipinski definition) is 0. The molecule has 0 fully saturated rings. The molecule has 0 aliphatic heterocycles. The Kier molecular flexibility index (Phi) is 4.82. The van der Waals surface area contributed by atoms with Gasteiger partial charge in [-0.3, -0.25) is 0 Å². The molecule has 0 saturated heterocycles. The highest BCUT2D eigenvalue weighted by Crippen LogP contribution is 2.26. The summed E-state index contributed by atoms with van der Waals surface area (Å²) in [5.74, 6) is 0. The highest BCUT2D eigenvalue weighted by atomic mass is 35.5. The van der Waals surface area contributed by atoms with Crippen LogP contribution in [0.5, 0.6) is 0 Å². The predicted molar refractivity (Wildman–Crippen MR) is 89.6 cm³/mol. The second-order valence-electron chi connectivity index (χ2n) is 4.86. The number of benzene rings is 1. The first kappa shape index (κ1) is 15.3. The lowest BCUT2D eigenvalue weighted by molar-refractivity contribution is 0.867. The number of nitriles is 1. The van der Waals surface area contributed by atoms with Crippen molar-refractivity contribution in [2.75, 3.05) is 18.0 Å². The maximum absolute atomic E-state index is 8.86. The average Bonchev–Trinajstić information content (AvgIpc) is 2.49. The highest BCUT2D eigenvalue weighted by molar-refractivity contribution is 6.31. The van der Waals surface area contributed by atoms with Crippen LogP contribution < -0.4 is 4.90 Å². The third-order valence-corrected chi connectivity index (χ3v) is 3.76. The van der Waals surface area contributed by atoms with Gasteiger partial charge in [-0.15, -0.1) is 0 Å². The summed E-state index contributed by atoms with van der Waals surface area (Å²) in [4.78, 5) is 6.73. The number of pyridine rings is 1. The molecule has 0 amide bonds. The van der Waals surface area contributed by atoms with Crippen LogP contribution in [0, 0.1) is 11.3 Å². The quantitative estimate of drug-likeness (QED) is 0.609. The second kappa shape index (κ2) is 6.60. The molecule has 0 radical (unpaired) electrons. The smallest absolute Gasteiger partial charge is 0.137 e. The van der Waals surface area contributed by atoms with Gasteiger partial charge in [0.2, 0.25) is 0 Å². The van der Waals surface area contributed by atoms with Crippen LogP contribution in [0.2, 0.25) is 5.15 Å². The van der Waals surface area contributed by atoms with Crippen molar-refractivity contribution in [1.82, 2.24) is 4.98 Å². The van der Waals surface area contributed by atoms with Gasteiger partial charge in [-0.25, -0.2) is 4.98 Å². The topological polar surface area (TPSA) is 39.9 Å². The second-order valence-corrected chi connectivity index (χ2v) is 5.21. The van der Waals surface area contributed by atoms with Gasteiger partial charge in [0.1, 0.15) is 5.15 Å². The monoisotopic (exact) mass is 299 g/mol. The number of halogens is 1. The normalized spacial score (nSPS) is 11.5. The zero-order valence-electron chi connectivity index (χ0n) is 12.5. The summed E-state index contributed by atoms with van der Waals surface area (Å²) in [7, 11) is 0. The molecule has 0 spiro atoms. The third-order valence-electron chi connectivity index (χ3n) is 3.46. The van der Waals surface area contributed by atoms with Gasteiger partial charge in [-0.2, -0.15) is 5.26 Å². The maximum atomic E-state index is 8.86. The van der Waals surface area contributed by atoms with Crippen LogP contribution in [0.1, 0.15) is 26.3 Å². The van der Waals surface area contributed by atoms with Gasteiger partial charge in [0.25, 0.3) is 0 Å². The Labute approximate surface area is 130 Å². The Bertz CT molecular complexity index is 725. The molecule has 0 saturated carbocycles. The first-order valence-corrected chi connectivity index (χ1v) is 7.40. The molecule has 4 heteroatoms. The largest absolute Gasteiger partial charge is 0.372 e. The van der Waals surface area contributed by atoms with Crippen molar-refractivity contribution in [3.05, 3.63) is 40.6 Å². The van der Waals surface area contributed by atoms with E-state index in [0.717, 1.165) is 35.2 Å². The highest BCUT2D eigenvalue weighted by Gasteiger charge is 2.07. The van der Waals surface area contributed by atoms with Crippen molar-refractivity contribution in [3.63, 3.8) is 0 Å². The van der Waals surface area contributed by atoms with Crippen molar-refractivity contribution < 1.29 is 0 Å². The zero-order chi connectivity index (χ0) is 15.4. The molecule has 0 bridgehead atoms. The number of hydrogen-bond acceptors (Lipinski definition) is 3. The van der Waals surface area contributed by atoms with Crippen molar-refractivity contribution >= 4 is 34.3 Å². The van der Waals surface area contributed by atoms with E-state index in [0.29, 0.717) is 10.7 Å². The van der Waals surface area contributed by atoms with E-state index in [1.54, 1.807) is 13.0 Å². The molecular weight excluding hydrogens is 282 g/mol. The van der Waals surface area contributed by atoms with Gasteiger partial charge in [0.15, 0.2) is 0 Å². The molecule has 0 N–H and O–H groups in total. The predicted octanol–water partition coefficient (Wildman–Crippen LogP) is 4.66. The van der Waals surface area contributed by atoms with Gasteiger partial charge in [0.05, 0.1) is 11.6 Å². The molecule has 2 rings (SSSR count). The molecule has 0 unspecified atom stereocenters. The lowest BCUT2D eigenvalue weighted by Gasteiger charge is -2.21. The number of rotatable bonds is 4. The number of allylic oxidation sites excluding steroid dienone is 1. The van der Waals surface area contributed by atoms with Crippen LogP contribution >= 0.6 is 11.6 Å². The minimum atomic E-state index is 0.425. The van der Waals surface area contributed by atoms with E-state index < -0.39 is 0 Å². The molecule has 108 valence electrons. The summed E-state index contributed by atoms with van der Waals surface area (Å²) in [5, 5.41) is 10.3. The Morgan fingerprint density at radius 1 is 1.33 bits per heavy atom. The lowest BCUT2D eigenvalue weighted by Crippen LogP contribution is -2.21. The molecule has 1 aromatic carbocycles. The maximum Gasteiger partial charge on any atom is 0.137 e. The van der Waals surface area contributed by atoms with E-state index in [-0.39, 0.29) is 0 Å². The van der Waals surface area contributed by atoms with Crippen molar-refractivity contribution in [3.8, 4) is 6.07 Å². The summed E-state index contributed by atoms with van der Waals surface area (Å²) in [6.45, 7) is 7.93. The average molecular weight is 300 g/mol. The summed E-state index contributed by atoms with van der Waals surface area (Å²) in [6, 6.07) is 10.3. The van der Waals surface area contributed by atoms with Crippen molar-refractivity contribution in [1.29, 1.82) is 5.26 Å². The van der Waals surface area contributed by atoms with E-state index in [4.69, 9.17) is 16.9 Å². The van der Waals surface area contributed by atoms with Gasteiger partial charge >= 0.3 is 0 Å². The van der Waals surface area contributed by atoms with Gasteiger partial charge in [-0.1, -0.05) is 17.7 Å². The molecule has 2 aromatic rings. The molecule has 1 heterocycles. The van der Waals surface area contributed by atoms with Gasteiger partial charge in [-0.05, 0) is 45.0 Å². The molecule has 21 heavy (non-hydrogen) atoms. The molecule has 0 aliphatic rings. The molecule has 0 aliphatic carbocycles.